The van der Waals surface area contributed by atoms with Crippen LogP contribution in [-0.4, -0.2) is 66.0 Å². The van der Waals surface area contributed by atoms with Gasteiger partial charge in [0.05, 0.1) is 12.8 Å². The Morgan fingerprint density at radius 3 is 2.61 bits per heavy atom. The molecule has 2 aromatic rings. The first-order valence-corrected chi connectivity index (χ1v) is 9.47. The number of anilines is 4. The van der Waals surface area contributed by atoms with Crippen LogP contribution in [-0.2, 0) is 4.74 Å². The molecule has 0 unspecified atom stereocenters. The highest BCUT2D eigenvalue weighted by atomic mass is 16.6. The zero-order valence-corrected chi connectivity index (χ0v) is 16.6. The predicted molar refractivity (Wildman–Crippen MR) is 109 cm³/mol. The quantitative estimate of drug-likeness (QED) is 0.784. The van der Waals surface area contributed by atoms with Gasteiger partial charge in [0, 0.05) is 44.6 Å². The van der Waals surface area contributed by atoms with Gasteiger partial charge in [0.15, 0.2) is 5.82 Å². The van der Waals surface area contributed by atoms with Crippen molar-refractivity contribution >= 4 is 29.2 Å². The average molecular weight is 385 g/mol. The highest BCUT2D eigenvalue weighted by molar-refractivity contribution is 5.67. The van der Waals surface area contributed by atoms with Crippen LogP contribution in [0.5, 0.6) is 0 Å². The highest BCUT2D eigenvalue weighted by Gasteiger charge is 2.23. The first-order valence-electron chi connectivity index (χ1n) is 9.47. The molecule has 1 amide bonds. The van der Waals surface area contributed by atoms with Gasteiger partial charge in [-0.1, -0.05) is 0 Å². The van der Waals surface area contributed by atoms with Crippen molar-refractivity contribution in [1.29, 1.82) is 0 Å². The number of aromatic nitrogens is 3. The van der Waals surface area contributed by atoms with Crippen molar-refractivity contribution in [1.82, 2.24) is 20.1 Å². The number of amides is 1. The van der Waals surface area contributed by atoms with Crippen molar-refractivity contribution in [2.45, 2.75) is 25.8 Å². The summed E-state index contributed by atoms with van der Waals surface area (Å²) in [6, 6.07) is 8.23. The number of ether oxygens (including phenoxy) is 1. The molecular formula is C19H27N7O2. The molecule has 9 nitrogen and oxygen atoms in total. The Morgan fingerprint density at radius 1 is 1.25 bits per heavy atom. The molecule has 0 atom stereocenters. The fraction of sp³-hybridized carbons (Fsp3) is 0.474. The van der Waals surface area contributed by atoms with Crippen molar-refractivity contribution in [2.75, 3.05) is 49.3 Å². The summed E-state index contributed by atoms with van der Waals surface area (Å²) in [7, 11) is 4.00. The number of carbonyl (C=O) groups excluding carboxylic acids is 1. The van der Waals surface area contributed by atoms with Crippen molar-refractivity contribution in [3.05, 3.63) is 30.5 Å². The summed E-state index contributed by atoms with van der Waals surface area (Å²) in [6.45, 7) is 3.55. The molecule has 0 radical (unpaired) electrons. The average Bonchev–Trinajstić information content (AvgIpc) is 2.69. The van der Waals surface area contributed by atoms with Gasteiger partial charge in [0.2, 0.25) is 5.95 Å². The molecular weight excluding hydrogens is 358 g/mol. The van der Waals surface area contributed by atoms with Crippen LogP contribution in [0.3, 0.4) is 0 Å². The van der Waals surface area contributed by atoms with E-state index < -0.39 is 0 Å². The van der Waals surface area contributed by atoms with E-state index in [9.17, 15) is 4.79 Å². The van der Waals surface area contributed by atoms with E-state index in [4.69, 9.17) is 4.74 Å². The number of likely N-dealkylation sites (tertiary alicyclic amines) is 1. The molecule has 1 aliphatic heterocycles. The smallest absolute Gasteiger partial charge is 0.409 e. The maximum absolute atomic E-state index is 11.8. The lowest BCUT2D eigenvalue weighted by molar-refractivity contribution is 0.0983. The molecule has 0 aliphatic carbocycles. The summed E-state index contributed by atoms with van der Waals surface area (Å²) in [4.78, 5) is 20.1. The minimum absolute atomic E-state index is 0.231. The molecule has 150 valence electrons. The Kier molecular flexibility index (Phi) is 6.46. The Morgan fingerprint density at radius 2 is 1.96 bits per heavy atom. The zero-order chi connectivity index (χ0) is 19.9. The van der Waals surface area contributed by atoms with Crippen LogP contribution in [0.2, 0.25) is 0 Å². The van der Waals surface area contributed by atoms with Crippen LogP contribution in [0.25, 0.3) is 0 Å². The van der Waals surface area contributed by atoms with Crippen LogP contribution in [0.15, 0.2) is 30.5 Å². The lowest BCUT2D eigenvalue weighted by Crippen LogP contribution is -2.42. The number of nitrogens with zero attached hydrogens (tertiary/aromatic N) is 5. The van der Waals surface area contributed by atoms with E-state index in [0.717, 1.165) is 24.2 Å². The minimum Gasteiger partial charge on any atom is -0.450 e. The first kappa shape index (κ1) is 19.7. The molecule has 1 fully saturated rings. The number of hydrogen-bond donors (Lipinski definition) is 2. The molecule has 2 N–H and O–H groups in total. The first-order chi connectivity index (χ1) is 13.5. The van der Waals surface area contributed by atoms with Gasteiger partial charge < -0.3 is 25.2 Å². The molecule has 1 saturated heterocycles. The summed E-state index contributed by atoms with van der Waals surface area (Å²) >= 11 is 0. The third-order valence-electron chi connectivity index (χ3n) is 4.57. The van der Waals surface area contributed by atoms with Gasteiger partial charge in [-0.25, -0.2) is 4.79 Å². The Balaban J connectivity index is 1.54. The zero-order valence-electron chi connectivity index (χ0n) is 16.6. The monoisotopic (exact) mass is 385 g/mol. The van der Waals surface area contributed by atoms with Gasteiger partial charge >= 0.3 is 6.09 Å². The number of benzene rings is 1. The second kappa shape index (κ2) is 9.20. The molecule has 0 bridgehead atoms. The Labute approximate surface area is 165 Å². The third kappa shape index (κ3) is 5.21. The van der Waals surface area contributed by atoms with Crippen molar-refractivity contribution in [3.63, 3.8) is 0 Å². The molecule has 1 aromatic carbocycles. The van der Waals surface area contributed by atoms with E-state index in [-0.39, 0.29) is 12.1 Å². The maximum atomic E-state index is 11.8. The van der Waals surface area contributed by atoms with Gasteiger partial charge in [-0.05, 0) is 44.0 Å². The third-order valence-corrected chi connectivity index (χ3v) is 4.57. The normalized spacial score (nSPS) is 14.5. The van der Waals surface area contributed by atoms with Crippen LogP contribution >= 0.6 is 0 Å². The summed E-state index contributed by atoms with van der Waals surface area (Å²) < 4.78 is 5.05. The van der Waals surface area contributed by atoms with Crippen LogP contribution in [0.1, 0.15) is 19.8 Å². The Bertz CT molecular complexity index is 774. The highest BCUT2D eigenvalue weighted by Crippen LogP contribution is 2.19. The number of piperidine rings is 1. The number of rotatable bonds is 6. The van der Waals surface area contributed by atoms with E-state index in [1.807, 2.05) is 50.2 Å². The fourth-order valence-corrected chi connectivity index (χ4v) is 3.03. The van der Waals surface area contributed by atoms with Gasteiger partial charge in [-0.15, -0.1) is 5.10 Å². The van der Waals surface area contributed by atoms with Crippen molar-refractivity contribution in [2.24, 2.45) is 0 Å². The second-order valence-corrected chi connectivity index (χ2v) is 6.84. The summed E-state index contributed by atoms with van der Waals surface area (Å²) in [5.74, 6) is 1.10. The predicted octanol–water partition coefficient (Wildman–Crippen LogP) is 2.71. The molecule has 2 heterocycles. The van der Waals surface area contributed by atoms with Gasteiger partial charge in [-0.2, -0.15) is 10.1 Å². The summed E-state index contributed by atoms with van der Waals surface area (Å²) in [5.41, 5.74) is 2.02. The molecule has 1 aliphatic rings. The minimum atomic E-state index is -0.239. The number of hydrogen-bond acceptors (Lipinski definition) is 8. The summed E-state index contributed by atoms with van der Waals surface area (Å²) in [5, 5.41) is 14.6. The van der Waals surface area contributed by atoms with Gasteiger partial charge in [-0.3, -0.25) is 0 Å². The van der Waals surface area contributed by atoms with Crippen molar-refractivity contribution in [3.8, 4) is 0 Å². The van der Waals surface area contributed by atoms with Crippen LogP contribution < -0.4 is 15.5 Å². The van der Waals surface area contributed by atoms with Gasteiger partial charge in [0.25, 0.3) is 0 Å². The molecule has 9 heteroatoms. The topological polar surface area (TPSA) is 95.5 Å². The summed E-state index contributed by atoms with van der Waals surface area (Å²) in [6.07, 6.45) is 3.03. The van der Waals surface area contributed by atoms with E-state index in [1.54, 1.807) is 11.1 Å². The Hall–Kier alpha value is -3.10. The van der Waals surface area contributed by atoms with E-state index in [0.29, 0.717) is 31.5 Å². The van der Waals surface area contributed by atoms with Crippen molar-refractivity contribution < 1.29 is 9.53 Å². The number of nitrogens with one attached hydrogen (secondary N) is 2. The molecule has 0 saturated carbocycles. The van der Waals surface area contributed by atoms with E-state index >= 15 is 0 Å². The standard InChI is InChI=1S/C19H27N7O2/c1-4-28-19(27)26-11-9-15(10-12-26)21-17-13-20-24-18(23-17)22-14-5-7-16(8-6-14)25(2)3/h5-8,13,15H,4,9-12H2,1-3H3,(H2,21,22,23,24). The maximum Gasteiger partial charge on any atom is 0.409 e. The van der Waals surface area contributed by atoms with Gasteiger partial charge in [0.1, 0.15) is 0 Å². The molecule has 28 heavy (non-hydrogen) atoms. The lowest BCUT2D eigenvalue weighted by atomic mass is 10.1. The molecule has 1 aromatic heterocycles. The lowest BCUT2D eigenvalue weighted by Gasteiger charge is -2.31. The SMILES string of the molecule is CCOC(=O)N1CCC(Nc2cnnc(Nc3ccc(N(C)C)cc3)n2)CC1. The second-order valence-electron chi connectivity index (χ2n) is 6.84. The fourth-order valence-electron chi connectivity index (χ4n) is 3.03. The molecule has 3 rings (SSSR count). The number of carbonyl (C=O) groups is 1. The van der Waals surface area contributed by atoms with Crippen LogP contribution in [0.4, 0.5) is 27.9 Å². The van der Waals surface area contributed by atoms with Crippen LogP contribution in [0, 0.1) is 0 Å². The largest absolute Gasteiger partial charge is 0.450 e. The van der Waals surface area contributed by atoms with E-state index in [1.165, 1.54) is 0 Å². The molecule has 0 spiro atoms. The van der Waals surface area contributed by atoms with E-state index in [2.05, 4.69) is 25.8 Å².